The number of likely N-dealkylation sites (tertiary alicyclic amines) is 1. The fourth-order valence-corrected chi connectivity index (χ4v) is 6.14. The molecule has 0 radical (unpaired) electrons. The van der Waals surface area contributed by atoms with Crippen molar-refractivity contribution in [2.45, 2.75) is 58.7 Å². The average molecular weight is 563 g/mol. The molecule has 1 saturated heterocycles. The Labute approximate surface area is 243 Å². The van der Waals surface area contributed by atoms with Crippen LogP contribution in [0.1, 0.15) is 61.5 Å². The SMILES string of the molecule is CC(C)(C)OC(=O)n1c(-c2cc(-c3nc4ncccc4[nH]3)cc3c2C(=O)NC3)cc2cc(CN3CCCCC3)ccc21. The average Bonchev–Trinajstić information content (AvgIpc) is 3.67. The Hall–Kier alpha value is -4.50. The number of piperidine rings is 1. The first kappa shape index (κ1) is 26.4. The topological polar surface area (TPSA) is 105 Å². The molecule has 2 aromatic carbocycles. The number of carbonyl (C=O) groups is 2. The lowest BCUT2D eigenvalue weighted by molar-refractivity contribution is 0.0547. The van der Waals surface area contributed by atoms with Gasteiger partial charge in [-0.2, -0.15) is 0 Å². The number of hydrogen-bond donors (Lipinski definition) is 2. The Morgan fingerprint density at radius 2 is 1.88 bits per heavy atom. The van der Waals surface area contributed by atoms with E-state index in [2.05, 4.69) is 32.3 Å². The van der Waals surface area contributed by atoms with Gasteiger partial charge in [0.2, 0.25) is 0 Å². The molecule has 0 aliphatic carbocycles. The van der Waals surface area contributed by atoms with Crippen molar-refractivity contribution >= 4 is 34.1 Å². The molecule has 214 valence electrons. The molecule has 2 N–H and O–H groups in total. The molecule has 5 aromatic rings. The van der Waals surface area contributed by atoms with E-state index in [1.54, 1.807) is 10.8 Å². The number of aromatic amines is 1. The van der Waals surface area contributed by atoms with Crippen molar-refractivity contribution in [1.29, 1.82) is 0 Å². The summed E-state index contributed by atoms with van der Waals surface area (Å²) in [5, 5.41) is 3.89. The first-order valence-corrected chi connectivity index (χ1v) is 14.6. The van der Waals surface area contributed by atoms with E-state index >= 15 is 0 Å². The van der Waals surface area contributed by atoms with Gasteiger partial charge in [-0.15, -0.1) is 0 Å². The van der Waals surface area contributed by atoms with Crippen molar-refractivity contribution in [2.24, 2.45) is 0 Å². The molecule has 42 heavy (non-hydrogen) atoms. The molecule has 0 spiro atoms. The second kappa shape index (κ2) is 10.1. The first-order chi connectivity index (χ1) is 20.2. The summed E-state index contributed by atoms with van der Waals surface area (Å²) in [5.41, 5.74) is 6.19. The molecular formula is C33H34N6O3. The zero-order valence-corrected chi connectivity index (χ0v) is 24.2. The smallest absolute Gasteiger partial charge is 0.419 e. The monoisotopic (exact) mass is 562 g/mol. The summed E-state index contributed by atoms with van der Waals surface area (Å²) in [7, 11) is 0. The highest BCUT2D eigenvalue weighted by Gasteiger charge is 2.30. The maximum Gasteiger partial charge on any atom is 0.419 e. The molecule has 2 aliphatic rings. The van der Waals surface area contributed by atoms with Crippen LogP contribution in [-0.4, -0.2) is 55.1 Å². The van der Waals surface area contributed by atoms with Gasteiger partial charge in [0.15, 0.2) is 5.65 Å². The minimum atomic E-state index is -0.693. The number of hydrogen-bond acceptors (Lipinski definition) is 6. The maximum absolute atomic E-state index is 13.8. The lowest BCUT2D eigenvalue weighted by Crippen LogP contribution is -2.29. The fraction of sp³-hybridized carbons (Fsp3) is 0.333. The minimum absolute atomic E-state index is 0.162. The van der Waals surface area contributed by atoms with Gasteiger partial charge in [0.05, 0.1) is 22.3 Å². The number of fused-ring (bicyclic) bond motifs is 3. The number of rotatable bonds is 4. The third-order valence-electron chi connectivity index (χ3n) is 7.99. The largest absolute Gasteiger partial charge is 0.443 e. The van der Waals surface area contributed by atoms with Crippen LogP contribution in [0.2, 0.25) is 0 Å². The van der Waals surface area contributed by atoms with Crippen molar-refractivity contribution in [3.63, 3.8) is 0 Å². The quantitative estimate of drug-likeness (QED) is 0.268. The van der Waals surface area contributed by atoms with Gasteiger partial charge in [-0.3, -0.25) is 9.69 Å². The highest BCUT2D eigenvalue weighted by atomic mass is 16.6. The van der Waals surface area contributed by atoms with Crippen LogP contribution in [0, 0.1) is 0 Å². The number of ether oxygens (including phenoxy) is 1. The molecule has 9 nitrogen and oxygen atoms in total. The van der Waals surface area contributed by atoms with E-state index in [1.807, 2.05) is 57.2 Å². The van der Waals surface area contributed by atoms with Gasteiger partial charge in [-0.25, -0.2) is 19.3 Å². The van der Waals surface area contributed by atoms with Crippen molar-refractivity contribution in [3.8, 4) is 22.6 Å². The molecule has 3 aromatic heterocycles. The van der Waals surface area contributed by atoms with Gasteiger partial charge in [0, 0.05) is 35.8 Å². The highest BCUT2D eigenvalue weighted by molar-refractivity contribution is 6.07. The molecular weight excluding hydrogens is 528 g/mol. The van der Waals surface area contributed by atoms with Crippen LogP contribution in [-0.2, 0) is 17.8 Å². The summed E-state index contributed by atoms with van der Waals surface area (Å²) in [4.78, 5) is 41.9. The predicted molar refractivity (Wildman–Crippen MR) is 162 cm³/mol. The van der Waals surface area contributed by atoms with Crippen LogP contribution in [0.3, 0.4) is 0 Å². The molecule has 5 heterocycles. The van der Waals surface area contributed by atoms with Gasteiger partial charge in [0.1, 0.15) is 11.4 Å². The number of aromatic nitrogens is 4. The summed E-state index contributed by atoms with van der Waals surface area (Å²) in [6, 6.07) is 16.0. The first-order valence-electron chi connectivity index (χ1n) is 14.6. The van der Waals surface area contributed by atoms with E-state index < -0.39 is 11.7 Å². The van der Waals surface area contributed by atoms with E-state index in [0.29, 0.717) is 34.8 Å². The van der Waals surface area contributed by atoms with Crippen molar-refractivity contribution in [1.82, 2.24) is 29.7 Å². The molecule has 0 atom stereocenters. The lowest BCUT2D eigenvalue weighted by atomic mass is 9.96. The van der Waals surface area contributed by atoms with Crippen molar-refractivity contribution in [2.75, 3.05) is 13.1 Å². The van der Waals surface area contributed by atoms with Crippen LogP contribution >= 0.6 is 0 Å². The summed E-state index contributed by atoms with van der Waals surface area (Å²) < 4.78 is 7.50. The maximum atomic E-state index is 13.8. The van der Waals surface area contributed by atoms with E-state index in [4.69, 9.17) is 9.72 Å². The fourth-order valence-electron chi connectivity index (χ4n) is 6.14. The molecule has 9 heteroatoms. The van der Waals surface area contributed by atoms with Crippen LogP contribution in [0.25, 0.3) is 44.7 Å². The highest BCUT2D eigenvalue weighted by Crippen LogP contribution is 2.38. The van der Waals surface area contributed by atoms with E-state index in [1.165, 1.54) is 24.8 Å². The molecule has 0 bridgehead atoms. The Morgan fingerprint density at radius 1 is 1.05 bits per heavy atom. The Kier molecular flexibility index (Phi) is 6.35. The molecule has 0 saturated carbocycles. The summed E-state index contributed by atoms with van der Waals surface area (Å²) in [6.07, 6.45) is 4.97. The predicted octanol–water partition coefficient (Wildman–Crippen LogP) is 6.26. The van der Waals surface area contributed by atoms with Crippen LogP contribution in [0.5, 0.6) is 0 Å². The van der Waals surface area contributed by atoms with Crippen molar-refractivity contribution in [3.05, 3.63) is 71.4 Å². The third-order valence-corrected chi connectivity index (χ3v) is 7.99. The molecule has 1 fully saturated rings. The summed E-state index contributed by atoms with van der Waals surface area (Å²) in [5.74, 6) is 0.487. The Bertz CT molecular complexity index is 1820. The van der Waals surface area contributed by atoms with Crippen LogP contribution in [0.4, 0.5) is 4.79 Å². The van der Waals surface area contributed by atoms with Gasteiger partial charge in [0.25, 0.3) is 5.91 Å². The number of H-pyrrole nitrogens is 1. The number of nitrogens with one attached hydrogen (secondary N) is 2. The zero-order chi connectivity index (χ0) is 29.0. The van der Waals surface area contributed by atoms with E-state index in [0.717, 1.165) is 47.2 Å². The number of nitrogens with zero attached hydrogens (tertiary/aromatic N) is 4. The second-order valence-electron chi connectivity index (χ2n) is 12.3. The lowest BCUT2D eigenvalue weighted by Gasteiger charge is -2.26. The minimum Gasteiger partial charge on any atom is -0.443 e. The van der Waals surface area contributed by atoms with Gasteiger partial charge >= 0.3 is 6.09 Å². The van der Waals surface area contributed by atoms with Gasteiger partial charge in [-0.1, -0.05) is 12.5 Å². The standard InChI is InChI=1S/C33H34N6O3/c1-33(2,3)42-32(41)39-26-10-9-20(19-38-12-5-4-6-13-38)14-21(26)17-27(39)24-16-22(15-23-18-35-31(40)28(23)24)29-36-25-8-7-11-34-30(25)37-29/h7-11,14-17H,4-6,12-13,18-19H2,1-3H3,(H,35,40)(H,34,36,37). The summed E-state index contributed by atoms with van der Waals surface area (Å²) >= 11 is 0. The number of imidazole rings is 1. The van der Waals surface area contributed by atoms with Crippen molar-refractivity contribution < 1.29 is 14.3 Å². The molecule has 1 amide bonds. The van der Waals surface area contributed by atoms with Crippen LogP contribution in [0.15, 0.2) is 54.7 Å². The van der Waals surface area contributed by atoms with Gasteiger partial charge in [-0.05, 0) is 100 Å². The summed E-state index contributed by atoms with van der Waals surface area (Å²) in [6.45, 7) is 9.05. The Balaban J connectivity index is 1.40. The normalized spacial score (nSPS) is 15.7. The molecule has 2 aliphatic heterocycles. The third kappa shape index (κ3) is 4.83. The number of pyridine rings is 1. The second-order valence-corrected chi connectivity index (χ2v) is 12.3. The van der Waals surface area contributed by atoms with Gasteiger partial charge < -0.3 is 15.0 Å². The molecule has 7 rings (SSSR count). The van der Waals surface area contributed by atoms with Crippen LogP contribution < -0.4 is 5.32 Å². The number of benzene rings is 2. The zero-order valence-electron chi connectivity index (χ0n) is 24.2. The van der Waals surface area contributed by atoms with E-state index in [9.17, 15) is 9.59 Å². The van der Waals surface area contributed by atoms with E-state index in [-0.39, 0.29) is 5.91 Å². The number of amides is 1. The molecule has 0 unspecified atom stereocenters. The Morgan fingerprint density at radius 3 is 2.67 bits per heavy atom. The number of carbonyl (C=O) groups excluding carboxylic acids is 2.